The summed E-state index contributed by atoms with van der Waals surface area (Å²) in [7, 11) is -2.13. The van der Waals surface area contributed by atoms with Crippen LogP contribution in [-0.2, 0) is 10.8 Å². The van der Waals surface area contributed by atoms with Gasteiger partial charge in [-0.1, -0.05) is 60.5 Å². The number of carbonyl (C=O) groups is 1. The first-order valence-corrected chi connectivity index (χ1v) is 12.6. The molecular formula is C24H22Cl2F6O2S. The molecule has 0 aliphatic rings. The maximum atomic E-state index is 13.7. The number of Topliss-reactive ketones (excluding diaryl/α,β-unsaturated/α-hetero) is 1. The van der Waals surface area contributed by atoms with Gasteiger partial charge in [-0.05, 0) is 47.7 Å². The molecule has 2 aromatic rings. The predicted molar refractivity (Wildman–Crippen MR) is 128 cm³/mol. The van der Waals surface area contributed by atoms with Crippen molar-refractivity contribution in [3.05, 3.63) is 74.8 Å². The van der Waals surface area contributed by atoms with Crippen LogP contribution in [0.3, 0.4) is 0 Å². The number of hydrogen-bond acceptors (Lipinski definition) is 2. The van der Waals surface area contributed by atoms with Crippen LogP contribution in [0.1, 0.15) is 46.3 Å². The molecule has 0 aliphatic carbocycles. The minimum absolute atomic E-state index is 0.0744. The van der Waals surface area contributed by atoms with Crippen LogP contribution < -0.4 is 0 Å². The van der Waals surface area contributed by atoms with Crippen LogP contribution in [-0.4, -0.2) is 33.9 Å². The molecule has 2 aromatic carbocycles. The summed E-state index contributed by atoms with van der Waals surface area (Å²) in [6, 6.07) is 8.17. The molecule has 2 rings (SSSR count). The van der Waals surface area contributed by atoms with E-state index in [9.17, 15) is 35.3 Å². The molecule has 0 amide bonds. The second-order valence-electron chi connectivity index (χ2n) is 8.25. The first-order valence-electron chi connectivity index (χ1n) is 10.3. The molecule has 2 unspecified atom stereocenters. The van der Waals surface area contributed by atoms with E-state index in [0.717, 1.165) is 6.08 Å². The Hall–Kier alpha value is -1.84. The van der Waals surface area contributed by atoms with Gasteiger partial charge in [0.2, 0.25) is 0 Å². The van der Waals surface area contributed by atoms with Gasteiger partial charge >= 0.3 is 12.4 Å². The van der Waals surface area contributed by atoms with Gasteiger partial charge in [0.05, 0.1) is 5.92 Å². The maximum absolute atomic E-state index is 13.7. The fourth-order valence-corrected chi connectivity index (χ4v) is 5.30. The van der Waals surface area contributed by atoms with Gasteiger partial charge in [-0.15, -0.1) is 0 Å². The third-order valence-corrected chi connectivity index (χ3v) is 6.98. The Morgan fingerprint density at radius 1 is 1.03 bits per heavy atom. The van der Waals surface area contributed by atoms with Crippen LogP contribution >= 0.6 is 23.2 Å². The minimum Gasteiger partial charge on any atom is -0.294 e. The van der Waals surface area contributed by atoms with E-state index in [-0.39, 0.29) is 33.6 Å². The number of ketones is 1. The molecule has 0 aliphatic heterocycles. The summed E-state index contributed by atoms with van der Waals surface area (Å²) in [5, 5.41) is 0.149. The third kappa shape index (κ3) is 9.61. The number of halogens is 8. The Balaban J connectivity index is 2.15. The highest BCUT2D eigenvalue weighted by molar-refractivity contribution is 7.85. The smallest absolute Gasteiger partial charge is 0.294 e. The van der Waals surface area contributed by atoms with Crippen molar-refractivity contribution in [2.45, 2.75) is 38.5 Å². The Labute approximate surface area is 211 Å². The number of carbonyl (C=O) groups excluding carboxylic acids is 1. The Morgan fingerprint density at radius 2 is 1.63 bits per heavy atom. The van der Waals surface area contributed by atoms with Crippen molar-refractivity contribution in [1.29, 1.82) is 0 Å². The van der Waals surface area contributed by atoms with Crippen molar-refractivity contribution in [2.75, 3.05) is 11.5 Å². The van der Waals surface area contributed by atoms with Crippen molar-refractivity contribution < 1.29 is 35.3 Å². The lowest BCUT2D eigenvalue weighted by molar-refractivity contribution is -0.139. The average molecular weight is 559 g/mol. The number of benzene rings is 2. The Kier molecular flexibility index (Phi) is 10.0. The number of rotatable bonds is 9. The molecule has 0 spiro atoms. The number of hydrogen-bond donors (Lipinski definition) is 0. The SMILES string of the molecule is Cc1cc(/C=C/C(c2cc(Cl)cc(Cl)c2)C(F)(F)F)ccc1C(=O)C[C@H](C)CS(=O)CC(F)(F)F. The van der Waals surface area contributed by atoms with Gasteiger partial charge < -0.3 is 0 Å². The van der Waals surface area contributed by atoms with Gasteiger partial charge in [-0.25, -0.2) is 0 Å². The van der Waals surface area contributed by atoms with Crippen molar-refractivity contribution in [3.63, 3.8) is 0 Å². The van der Waals surface area contributed by atoms with E-state index >= 15 is 0 Å². The highest BCUT2D eigenvalue weighted by atomic mass is 35.5. The molecule has 0 saturated heterocycles. The van der Waals surface area contributed by atoms with Gasteiger partial charge in [-0.2, -0.15) is 26.3 Å². The van der Waals surface area contributed by atoms with Crippen LogP contribution in [0.4, 0.5) is 26.3 Å². The van der Waals surface area contributed by atoms with Gasteiger partial charge in [0.25, 0.3) is 0 Å². The van der Waals surface area contributed by atoms with Crippen molar-refractivity contribution >= 4 is 45.9 Å². The molecular weight excluding hydrogens is 537 g/mol. The van der Waals surface area contributed by atoms with E-state index in [1.807, 2.05) is 0 Å². The van der Waals surface area contributed by atoms with Crippen LogP contribution in [0.5, 0.6) is 0 Å². The van der Waals surface area contributed by atoms with Crippen molar-refractivity contribution in [2.24, 2.45) is 5.92 Å². The molecule has 0 saturated carbocycles. The molecule has 0 aromatic heterocycles. The van der Waals surface area contributed by atoms with Crippen molar-refractivity contribution in [3.8, 4) is 0 Å². The molecule has 0 heterocycles. The molecule has 2 nitrogen and oxygen atoms in total. The minimum atomic E-state index is -4.60. The summed E-state index contributed by atoms with van der Waals surface area (Å²) in [5.41, 5.74) is 1.09. The quantitative estimate of drug-likeness (QED) is 0.229. The molecule has 3 atom stereocenters. The van der Waals surface area contributed by atoms with Gasteiger partial charge in [0.15, 0.2) is 5.78 Å². The summed E-state index contributed by atoms with van der Waals surface area (Å²) >= 11 is 11.7. The van der Waals surface area contributed by atoms with E-state index in [0.29, 0.717) is 16.7 Å². The predicted octanol–water partition coefficient (Wildman–Crippen LogP) is 8.18. The average Bonchev–Trinajstić information content (AvgIpc) is 2.64. The third-order valence-electron chi connectivity index (χ3n) is 4.96. The monoisotopic (exact) mass is 558 g/mol. The zero-order valence-corrected chi connectivity index (χ0v) is 21.0. The lowest BCUT2D eigenvalue weighted by Gasteiger charge is -2.18. The fraction of sp³-hybridized carbons (Fsp3) is 0.375. The highest BCUT2D eigenvalue weighted by Crippen LogP contribution is 2.38. The maximum Gasteiger partial charge on any atom is 0.400 e. The lowest BCUT2D eigenvalue weighted by atomic mass is 9.94. The number of aryl methyl sites for hydroxylation is 1. The Morgan fingerprint density at radius 3 is 2.14 bits per heavy atom. The summed E-state index contributed by atoms with van der Waals surface area (Å²) < 4.78 is 89.6. The zero-order valence-electron chi connectivity index (χ0n) is 18.6. The van der Waals surface area contributed by atoms with Gasteiger partial charge in [0.1, 0.15) is 5.75 Å². The molecule has 11 heteroatoms. The van der Waals surface area contributed by atoms with E-state index in [1.54, 1.807) is 6.92 Å². The largest absolute Gasteiger partial charge is 0.400 e. The molecule has 192 valence electrons. The standard InChI is InChI=1S/C24H22Cl2F6O2S/c1-14(12-35(34)13-23(27,28)29)7-22(33)20-5-3-16(8-15(20)2)4-6-21(24(30,31)32)17-9-18(25)11-19(26)10-17/h3-6,8-11,14,21H,7,12-13H2,1-2H3/b6-4+/t14-,21?,35?/m0/s1. The lowest BCUT2D eigenvalue weighted by Crippen LogP contribution is -2.23. The van der Waals surface area contributed by atoms with E-state index in [1.165, 1.54) is 49.4 Å². The zero-order chi connectivity index (χ0) is 26.6. The first-order chi connectivity index (χ1) is 16.0. The van der Waals surface area contributed by atoms with Crippen LogP contribution in [0.2, 0.25) is 10.0 Å². The molecule has 0 fully saturated rings. The van der Waals surface area contributed by atoms with Crippen LogP contribution in [0.25, 0.3) is 6.08 Å². The molecule has 0 radical (unpaired) electrons. The van der Waals surface area contributed by atoms with Crippen molar-refractivity contribution in [1.82, 2.24) is 0 Å². The topological polar surface area (TPSA) is 34.1 Å². The van der Waals surface area contributed by atoms with Crippen LogP contribution in [0, 0.1) is 12.8 Å². The normalized spacial score (nSPS) is 15.3. The Bertz CT molecular complexity index is 1090. The van der Waals surface area contributed by atoms with E-state index < -0.39 is 40.7 Å². The number of allylic oxidation sites excluding steroid dienone is 1. The van der Waals surface area contributed by atoms with E-state index in [2.05, 4.69) is 0 Å². The molecule has 0 N–H and O–H groups in total. The molecule has 0 bridgehead atoms. The second-order valence-corrected chi connectivity index (χ2v) is 10.6. The van der Waals surface area contributed by atoms with Crippen LogP contribution in [0.15, 0.2) is 42.5 Å². The highest BCUT2D eigenvalue weighted by Gasteiger charge is 2.39. The van der Waals surface area contributed by atoms with Gasteiger partial charge in [-0.3, -0.25) is 9.00 Å². The summed E-state index contributed by atoms with van der Waals surface area (Å²) in [6.07, 6.45) is -7.00. The summed E-state index contributed by atoms with van der Waals surface area (Å²) in [6.45, 7) is 3.15. The van der Waals surface area contributed by atoms with E-state index in [4.69, 9.17) is 23.2 Å². The molecule has 35 heavy (non-hydrogen) atoms. The number of alkyl halides is 6. The second kappa shape index (κ2) is 11.9. The first kappa shape index (κ1) is 29.4. The summed E-state index contributed by atoms with van der Waals surface area (Å²) in [4.78, 5) is 12.6. The summed E-state index contributed by atoms with van der Waals surface area (Å²) in [5.74, 6) is -4.54. The fourth-order valence-electron chi connectivity index (χ4n) is 3.52. The van der Waals surface area contributed by atoms with Gasteiger partial charge in [0, 0.05) is 38.6 Å².